The van der Waals surface area contributed by atoms with E-state index in [1.807, 2.05) is 60.7 Å². The molecule has 0 atom stereocenters. The van der Waals surface area contributed by atoms with Gasteiger partial charge in [0.25, 0.3) is 0 Å². The minimum absolute atomic E-state index is 0.692. The fourth-order valence-electron chi connectivity index (χ4n) is 6.33. The Morgan fingerprint density at radius 1 is 0.395 bits per heavy atom. The Hall–Kier alpha value is -5.87. The van der Waals surface area contributed by atoms with Crippen LogP contribution in [0.15, 0.2) is 144 Å². The van der Waals surface area contributed by atoms with Gasteiger partial charge >= 0.3 is 0 Å². The molecule has 0 aliphatic heterocycles. The molecule has 43 heavy (non-hydrogen) atoms. The standard InChI is InChI=1S/C39H23N3O/c1-3-12-24(13-4-1)36-28-22-23-33-35(34(28)26-16-7-9-20-31(26)40-36)29-18-11-19-30(38(29)43-33)37-27-17-8-10-21-32(27)41-39(42-37)25-14-5-2-6-15-25/h1-23H. The number of para-hydroxylation sites is 3. The van der Waals surface area contributed by atoms with Crippen LogP contribution in [0, 0.1) is 0 Å². The second-order valence-corrected chi connectivity index (χ2v) is 10.8. The number of benzene rings is 6. The molecule has 0 bridgehead atoms. The molecule has 0 saturated carbocycles. The normalized spacial score (nSPS) is 11.7. The first-order valence-corrected chi connectivity index (χ1v) is 14.4. The fourth-order valence-corrected chi connectivity index (χ4v) is 6.33. The van der Waals surface area contributed by atoms with Gasteiger partial charge in [-0.3, -0.25) is 0 Å². The highest BCUT2D eigenvalue weighted by Crippen LogP contribution is 2.44. The summed E-state index contributed by atoms with van der Waals surface area (Å²) < 4.78 is 6.75. The van der Waals surface area contributed by atoms with E-state index >= 15 is 0 Å². The van der Waals surface area contributed by atoms with Crippen molar-refractivity contribution in [3.05, 3.63) is 140 Å². The van der Waals surface area contributed by atoms with Gasteiger partial charge in [0.2, 0.25) is 0 Å². The second kappa shape index (κ2) is 9.33. The molecule has 200 valence electrons. The van der Waals surface area contributed by atoms with Crippen molar-refractivity contribution < 1.29 is 4.42 Å². The smallest absolute Gasteiger partial charge is 0.160 e. The van der Waals surface area contributed by atoms with Crippen molar-refractivity contribution in [2.24, 2.45) is 0 Å². The first kappa shape index (κ1) is 23.8. The average molecular weight is 550 g/mol. The minimum atomic E-state index is 0.692. The number of fused-ring (bicyclic) bond motifs is 8. The molecular weight excluding hydrogens is 526 g/mol. The van der Waals surface area contributed by atoms with Crippen LogP contribution >= 0.6 is 0 Å². The Balaban J connectivity index is 1.40. The summed E-state index contributed by atoms with van der Waals surface area (Å²) in [4.78, 5) is 15.2. The second-order valence-electron chi connectivity index (χ2n) is 10.8. The maximum absolute atomic E-state index is 6.75. The molecule has 0 aliphatic carbocycles. The molecule has 9 aromatic rings. The predicted molar refractivity (Wildman–Crippen MR) is 176 cm³/mol. The van der Waals surface area contributed by atoms with Crippen LogP contribution in [0.4, 0.5) is 0 Å². The average Bonchev–Trinajstić information content (AvgIpc) is 3.47. The van der Waals surface area contributed by atoms with E-state index < -0.39 is 0 Å². The summed E-state index contributed by atoms with van der Waals surface area (Å²) in [6, 6.07) is 47.7. The monoisotopic (exact) mass is 549 g/mol. The van der Waals surface area contributed by atoms with E-state index in [0.29, 0.717) is 5.82 Å². The molecule has 4 nitrogen and oxygen atoms in total. The summed E-state index contributed by atoms with van der Waals surface area (Å²) in [6.07, 6.45) is 0. The van der Waals surface area contributed by atoms with Gasteiger partial charge in [0.05, 0.1) is 22.4 Å². The topological polar surface area (TPSA) is 51.8 Å². The van der Waals surface area contributed by atoms with E-state index in [1.165, 1.54) is 0 Å². The number of hydrogen-bond acceptors (Lipinski definition) is 4. The lowest BCUT2D eigenvalue weighted by Crippen LogP contribution is -1.95. The van der Waals surface area contributed by atoms with Crippen LogP contribution in [0.25, 0.3) is 88.4 Å². The zero-order valence-electron chi connectivity index (χ0n) is 23.0. The lowest BCUT2D eigenvalue weighted by atomic mass is 9.95. The highest BCUT2D eigenvalue weighted by atomic mass is 16.3. The third-order valence-electron chi connectivity index (χ3n) is 8.26. The number of pyridine rings is 1. The highest BCUT2D eigenvalue weighted by molar-refractivity contribution is 6.29. The van der Waals surface area contributed by atoms with Crippen molar-refractivity contribution in [3.8, 4) is 33.9 Å². The third-order valence-corrected chi connectivity index (χ3v) is 8.26. The summed E-state index contributed by atoms with van der Waals surface area (Å²) in [7, 11) is 0. The SMILES string of the molecule is c1ccc(-c2nc(-c3cccc4c3oc3ccc5c(-c6ccccc6)nc6ccccc6c5c34)c3ccccc3n2)cc1. The predicted octanol–water partition coefficient (Wildman–Crippen LogP) is 10.2. The van der Waals surface area contributed by atoms with Crippen LogP contribution in [0.2, 0.25) is 0 Å². The maximum Gasteiger partial charge on any atom is 0.160 e. The zero-order valence-corrected chi connectivity index (χ0v) is 23.0. The van der Waals surface area contributed by atoms with Gasteiger partial charge in [0.1, 0.15) is 11.2 Å². The summed E-state index contributed by atoms with van der Waals surface area (Å²) in [5.41, 5.74) is 8.35. The van der Waals surface area contributed by atoms with E-state index in [2.05, 4.69) is 78.9 Å². The summed E-state index contributed by atoms with van der Waals surface area (Å²) in [5.74, 6) is 0.692. The van der Waals surface area contributed by atoms with Gasteiger partial charge in [-0.2, -0.15) is 0 Å². The van der Waals surface area contributed by atoms with Crippen LogP contribution in [-0.4, -0.2) is 15.0 Å². The van der Waals surface area contributed by atoms with Crippen molar-refractivity contribution in [2.45, 2.75) is 0 Å². The Kier molecular flexibility index (Phi) is 5.16. The Morgan fingerprint density at radius 3 is 1.84 bits per heavy atom. The Bertz CT molecular complexity index is 2500. The third kappa shape index (κ3) is 3.67. The molecule has 0 unspecified atom stereocenters. The number of aromatic nitrogens is 3. The van der Waals surface area contributed by atoms with E-state index in [1.54, 1.807) is 0 Å². The number of nitrogens with zero attached hydrogens (tertiary/aromatic N) is 3. The molecule has 0 fully saturated rings. The molecule has 0 amide bonds. The minimum Gasteiger partial charge on any atom is -0.455 e. The number of rotatable bonds is 3. The van der Waals surface area contributed by atoms with Crippen molar-refractivity contribution in [2.75, 3.05) is 0 Å². The fraction of sp³-hybridized carbons (Fsp3) is 0. The first-order chi connectivity index (χ1) is 21.3. The van der Waals surface area contributed by atoms with E-state index in [0.717, 1.165) is 82.6 Å². The zero-order chi connectivity index (χ0) is 28.3. The van der Waals surface area contributed by atoms with Gasteiger partial charge < -0.3 is 4.42 Å². The van der Waals surface area contributed by atoms with Gasteiger partial charge in [0, 0.05) is 49.0 Å². The lowest BCUT2D eigenvalue weighted by molar-refractivity contribution is 0.670. The van der Waals surface area contributed by atoms with E-state index in [-0.39, 0.29) is 0 Å². The van der Waals surface area contributed by atoms with Gasteiger partial charge in [0.15, 0.2) is 5.82 Å². The van der Waals surface area contributed by atoms with Gasteiger partial charge in [-0.1, -0.05) is 109 Å². The van der Waals surface area contributed by atoms with Gasteiger partial charge in [-0.15, -0.1) is 0 Å². The maximum atomic E-state index is 6.75. The molecule has 0 spiro atoms. The molecule has 0 N–H and O–H groups in total. The van der Waals surface area contributed by atoms with E-state index in [9.17, 15) is 0 Å². The first-order valence-electron chi connectivity index (χ1n) is 14.4. The van der Waals surface area contributed by atoms with Crippen molar-refractivity contribution in [3.63, 3.8) is 0 Å². The van der Waals surface area contributed by atoms with Crippen molar-refractivity contribution in [1.82, 2.24) is 15.0 Å². The molecule has 0 aliphatic rings. The molecular formula is C39H23N3O. The van der Waals surface area contributed by atoms with Gasteiger partial charge in [-0.05, 0) is 30.3 Å². The van der Waals surface area contributed by atoms with Crippen LogP contribution in [0.5, 0.6) is 0 Å². The Morgan fingerprint density at radius 2 is 1.05 bits per heavy atom. The summed E-state index contributed by atoms with van der Waals surface area (Å²) in [6.45, 7) is 0. The summed E-state index contributed by atoms with van der Waals surface area (Å²) >= 11 is 0. The molecule has 0 radical (unpaired) electrons. The molecule has 3 aromatic heterocycles. The Labute approximate surface area is 246 Å². The van der Waals surface area contributed by atoms with Crippen LogP contribution in [0.1, 0.15) is 0 Å². The number of furan rings is 1. The van der Waals surface area contributed by atoms with Crippen LogP contribution < -0.4 is 0 Å². The quantitative estimate of drug-likeness (QED) is 0.206. The largest absolute Gasteiger partial charge is 0.455 e. The van der Waals surface area contributed by atoms with Gasteiger partial charge in [-0.25, -0.2) is 15.0 Å². The molecule has 3 heterocycles. The highest BCUT2D eigenvalue weighted by Gasteiger charge is 2.21. The lowest BCUT2D eigenvalue weighted by Gasteiger charge is -2.11. The van der Waals surface area contributed by atoms with Crippen LogP contribution in [0.3, 0.4) is 0 Å². The molecule has 4 heteroatoms. The number of hydrogen-bond donors (Lipinski definition) is 0. The van der Waals surface area contributed by atoms with Crippen molar-refractivity contribution >= 4 is 54.5 Å². The van der Waals surface area contributed by atoms with Crippen LogP contribution in [-0.2, 0) is 0 Å². The molecule has 9 rings (SSSR count). The molecule has 6 aromatic carbocycles. The van der Waals surface area contributed by atoms with Crippen molar-refractivity contribution in [1.29, 1.82) is 0 Å². The van der Waals surface area contributed by atoms with E-state index in [4.69, 9.17) is 19.4 Å². The molecule has 0 saturated heterocycles. The summed E-state index contributed by atoms with van der Waals surface area (Å²) in [5, 5.41) is 6.49.